The molecule has 2 aromatic rings. The van der Waals surface area contributed by atoms with E-state index in [4.69, 9.17) is 0 Å². The Balaban J connectivity index is 1.67. The Bertz CT molecular complexity index is 717. The predicted octanol–water partition coefficient (Wildman–Crippen LogP) is 4.24. The number of nitrogens with zero attached hydrogens (tertiary/aromatic N) is 1. The molecule has 25 heavy (non-hydrogen) atoms. The molecule has 0 spiro atoms. The fraction of sp³-hybridized carbons (Fsp3) is 0.333. The number of hydrogen-bond acceptors (Lipinski definition) is 3. The van der Waals surface area contributed by atoms with Crippen LogP contribution < -0.4 is 0 Å². The minimum atomic E-state index is -0.443. The maximum atomic E-state index is 12.5. The molecule has 2 aromatic carbocycles. The van der Waals surface area contributed by atoms with E-state index in [1.165, 1.54) is 5.56 Å². The van der Waals surface area contributed by atoms with E-state index in [0.29, 0.717) is 12.8 Å². The van der Waals surface area contributed by atoms with Gasteiger partial charge in [0.2, 0.25) is 5.91 Å². The molecule has 1 fully saturated rings. The quantitative estimate of drug-likeness (QED) is 0.666. The third kappa shape index (κ3) is 4.13. The molecule has 1 saturated heterocycles. The van der Waals surface area contributed by atoms with Gasteiger partial charge in [-0.1, -0.05) is 67.6 Å². The summed E-state index contributed by atoms with van der Waals surface area (Å²) in [6.07, 6.45) is 1.94. The first-order chi connectivity index (χ1) is 12.2. The van der Waals surface area contributed by atoms with Gasteiger partial charge in [-0.15, -0.1) is 11.8 Å². The van der Waals surface area contributed by atoms with Crippen molar-refractivity contribution < 1.29 is 9.59 Å². The molecule has 3 nitrogen and oxygen atoms in total. The molecule has 0 bridgehead atoms. The zero-order valence-corrected chi connectivity index (χ0v) is 15.2. The Kier molecular flexibility index (Phi) is 5.92. The van der Waals surface area contributed by atoms with Gasteiger partial charge in [0.25, 0.3) is 0 Å². The highest BCUT2D eigenvalue weighted by Gasteiger charge is 2.43. The Labute approximate surface area is 153 Å². The number of β-lactam (4-membered cyclic amide) rings is 1. The molecule has 2 atom stereocenters. The number of thioether (sulfide) groups is 1. The molecule has 3 rings (SSSR count). The lowest BCUT2D eigenvalue weighted by atomic mass is 9.96. The van der Waals surface area contributed by atoms with Gasteiger partial charge in [-0.2, -0.15) is 0 Å². The first-order valence-corrected chi connectivity index (χ1v) is 9.80. The number of carbonyl (C=O) groups is 2. The normalized spacial score (nSPS) is 17.9. The monoisotopic (exact) mass is 353 g/mol. The van der Waals surface area contributed by atoms with Gasteiger partial charge in [0.1, 0.15) is 6.04 Å². The van der Waals surface area contributed by atoms with Crippen LogP contribution >= 0.6 is 11.8 Å². The summed E-state index contributed by atoms with van der Waals surface area (Å²) in [5.41, 5.74) is 2.22. The zero-order chi connectivity index (χ0) is 17.6. The van der Waals surface area contributed by atoms with Crippen molar-refractivity contribution in [3.63, 3.8) is 0 Å². The van der Waals surface area contributed by atoms with E-state index >= 15 is 0 Å². The summed E-state index contributed by atoms with van der Waals surface area (Å²) in [5, 5.41) is 0.0944. The summed E-state index contributed by atoms with van der Waals surface area (Å²) in [5.74, 6) is 1.13. The van der Waals surface area contributed by atoms with Crippen LogP contribution in [-0.2, 0) is 16.0 Å². The summed E-state index contributed by atoms with van der Waals surface area (Å²) < 4.78 is 0. The van der Waals surface area contributed by atoms with Gasteiger partial charge >= 0.3 is 0 Å². The van der Waals surface area contributed by atoms with Crippen molar-refractivity contribution in [1.29, 1.82) is 0 Å². The number of benzene rings is 2. The number of ketones is 1. The van der Waals surface area contributed by atoms with E-state index in [1.54, 1.807) is 16.7 Å². The topological polar surface area (TPSA) is 37.4 Å². The lowest BCUT2D eigenvalue weighted by molar-refractivity contribution is -0.150. The molecule has 0 aliphatic carbocycles. The van der Waals surface area contributed by atoms with Gasteiger partial charge in [-0.05, 0) is 23.3 Å². The van der Waals surface area contributed by atoms with Crippen LogP contribution in [0, 0.1) is 0 Å². The largest absolute Gasteiger partial charge is 0.316 e. The highest BCUT2D eigenvalue weighted by Crippen LogP contribution is 2.38. The fourth-order valence-corrected chi connectivity index (χ4v) is 4.42. The Morgan fingerprint density at radius 2 is 1.76 bits per heavy atom. The maximum Gasteiger partial charge on any atom is 0.227 e. The van der Waals surface area contributed by atoms with Crippen molar-refractivity contribution in [2.24, 2.45) is 0 Å². The van der Waals surface area contributed by atoms with Crippen molar-refractivity contribution in [3.05, 3.63) is 71.8 Å². The van der Waals surface area contributed by atoms with Crippen LogP contribution in [-0.4, -0.2) is 27.7 Å². The molecule has 130 valence electrons. The summed E-state index contributed by atoms with van der Waals surface area (Å²) in [6, 6.07) is 19.6. The number of amides is 1. The third-order valence-electron chi connectivity index (χ3n) is 4.54. The van der Waals surface area contributed by atoms with Gasteiger partial charge in [0.05, 0.1) is 11.8 Å². The van der Waals surface area contributed by atoms with Gasteiger partial charge in [0.15, 0.2) is 5.78 Å². The average molecular weight is 353 g/mol. The minimum Gasteiger partial charge on any atom is -0.316 e. The zero-order valence-electron chi connectivity index (χ0n) is 14.4. The number of carbonyl (C=O) groups excluding carboxylic acids is 2. The first kappa shape index (κ1) is 17.7. The van der Waals surface area contributed by atoms with Crippen LogP contribution in [0.4, 0.5) is 0 Å². The van der Waals surface area contributed by atoms with Crippen molar-refractivity contribution in [2.75, 3.05) is 5.75 Å². The lowest BCUT2D eigenvalue weighted by Crippen LogP contribution is -2.54. The molecule has 1 aliphatic rings. The van der Waals surface area contributed by atoms with Crippen molar-refractivity contribution in [1.82, 2.24) is 4.90 Å². The number of likely N-dealkylation sites (tertiary alicyclic amines) is 1. The van der Waals surface area contributed by atoms with Crippen LogP contribution in [0.25, 0.3) is 0 Å². The SMILES string of the molecule is CCC(=O)C(c1ccccc1)N1C(=O)CC1SCCc1ccccc1. The smallest absolute Gasteiger partial charge is 0.227 e. The van der Waals surface area contributed by atoms with Gasteiger partial charge in [-0.3, -0.25) is 9.59 Å². The van der Waals surface area contributed by atoms with Crippen LogP contribution in [0.15, 0.2) is 60.7 Å². The molecule has 2 unspecified atom stereocenters. The fourth-order valence-electron chi connectivity index (χ4n) is 3.14. The van der Waals surface area contributed by atoms with Crippen LogP contribution in [0.5, 0.6) is 0 Å². The minimum absolute atomic E-state index is 0.0767. The number of Topliss-reactive ketones (excluding diaryl/α,β-unsaturated/α-hetero) is 1. The standard InChI is InChI=1S/C21H23NO2S/c1-2-18(23)21(17-11-7-4-8-12-17)22-19(24)15-20(22)25-14-13-16-9-5-3-6-10-16/h3-12,20-21H,2,13-15H2,1H3. The van der Waals surface area contributed by atoms with Crippen LogP contribution in [0.3, 0.4) is 0 Å². The molecule has 1 heterocycles. The van der Waals surface area contributed by atoms with E-state index in [2.05, 4.69) is 12.1 Å². The van der Waals surface area contributed by atoms with Crippen molar-refractivity contribution >= 4 is 23.5 Å². The number of rotatable bonds is 8. The van der Waals surface area contributed by atoms with E-state index in [0.717, 1.165) is 17.7 Å². The molecule has 0 saturated carbocycles. The molecule has 4 heteroatoms. The predicted molar refractivity (Wildman–Crippen MR) is 102 cm³/mol. The van der Waals surface area contributed by atoms with Crippen molar-refractivity contribution in [2.45, 2.75) is 37.6 Å². The molecule has 0 aromatic heterocycles. The molecule has 1 aliphatic heterocycles. The second kappa shape index (κ2) is 8.34. The Morgan fingerprint density at radius 3 is 2.36 bits per heavy atom. The Hall–Kier alpha value is -2.07. The van der Waals surface area contributed by atoms with E-state index < -0.39 is 6.04 Å². The third-order valence-corrected chi connectivity index (χ3v) is 5.76. The second-order valence-corrected chi connectivity index (χ2v) is 7.48. The summed E-state index contributed by atoms with van der Waals surface area (Å²) in [4.78, 5) is 26.6. The highest BCUT2D eigenvalue weighted by molar-refractivity contribution is 8.00. The van der Waals surface area contributed by atoms with E-state index in [1.807, 2.05) is 55.5 Å². The Morgan fingerprint density at radius 1 is 1.12 bits per heavy atom. The number of aryl methyl sites for hydroxylation is 1. The van der Waals surface area contributed by atoms with Gasteiger partial charge in [-0.25, -0.2) is 0 Å². The number of hydrogen-bond donors (Lipinski definition) is 0. The summed E-state index contributed by atoms with van der Waals surface area (Å²) in [7, 11) is 0. The maximum absolute atomic E-state index is 12.5. The van der Waals surface area contributed by atoms with E-state index in [9.17, 15) is 9.59 Å². The summed E-state index contributed by atoms with van der Waals surface area (Å²) >= 11 is 1.77. The molecule has 0 radical (unpaired) electrons. The highest BCUT2D eigenvalue weighted by atomic mass is 32.2. The molecule has 1 amide bonds. The first-order valence-electron chi connectivity index (χ1n) is 8.75. The van der Waals surface area contributed by atoms with Gasteiger partial charge < -0.3 is 4.90 Å². The molecular weight excluding hydrogens is 330 g/mol. The van der Waals surface area contributed by atoms with Crippen LogP contribution in [0.2, 0.25) is 0 Å². The molecule has 0 N–H and O–H groups in total. The van der Waals surface area contributed by atoms with E-state index in [-0.39, 0.29) is 17.1 Å². The summed E-state index contributed by atoms with van der Waals surface area (Å²) in [6.45, 7) is 1.86. The lowest BCUT2D eigenvalue weighted by Gasteiger charge is -2.44. The second-order valence-electron chi connectivity index (χ2n) is 6.20. The average Bonchev–Trinajstić information content (AvgIpc) is 2.66. The van der Waals surface area contributed by atoms with Crippen molar-refractivity contribution in [3.8, 4) is 0 Å². The van der Waals surface area contributed by atoms with Crippen LogP contribution in [0.1, 0.15) is 36.9 Å². The van der Waals surface area contributed by atoms with Gasteiger partial charge in [0, 0.05) is 6.42 Å². The molecular formula is C21H23NO2S.